The Kier molecular flexibility index (Phi) is 7.22. The third-order valence-corrected chi connectivity index (χ3v) is 2.51. The summed E-state index contributed by atoms with van der Waals surface area (Å²) in [4.78, 5) is 22.6. The summed E-state index contributed by atoms with van der Waals surface area (Å²) in [6.07, 6.45) is 1.84. The quantitative estimate of drug-likeness (QED) is 0.692. The Hall–Kier alpha value is -0.700. The van der Waals surface area contributed by atoms with E-state index in [0.717, 1.165) is 6.42 Å². The van der Waals surface area contributed by atoms with Crippen molar-refractivity contribution in [3.8, 4) is 0 Å². The number of rotatable bonds is 8. The van der Waals surface area contributed by atoms with Gasteiger partial charge >= 0.3 is 0 Å². The number of hydrogen-bond donors (Lipinski definition) is 1. The summed E-state index contributed by atoms with van der Waals surface area (Å²) in [5.74, 6) is 0.531. The second-order valence-electron chi connectivity index (χ2n) is 5.08. The van der Waals surface area contributed by atoms with Gasteiger partial charge in [-0.25, -0.2) is 0 Å². The molecule has 0 aromatic rings. The molecule has 0 unspecified atom stereocenters. The molecule has 0 aliphatic rings. The van der Waals surface area contributed by atoms with Crippen molar-refractivity contribution in [1.29, 1.82) is 0 Å². The van der Waals surface area contributed by atoms with E-state index < -0.39 is 0 Å². The summed E-state index contributed by atoms with van der Waals surface area (Å²) in [5.41, 5.74) is 0. The average molecular weight is 227 g/mol. The molecule has 0 amide bonds. The smallest absolute Gasteiger partial charge is 0.136 e. The van der Waals surface area contributed by atoms with Crippen molar-refractivity contribution in [3.05, 3.63) is 0 Å². The highest BCUT2D eigenvalue weighted by Crippen LogP contribution is 2.09. The molecule has 0 aliphatic carbocycles. The van der Waals surface area contributed by atoms with Crippen LogP contribution in [0.5, 0.6) is 0 Å². The van der Waals surface area contributed by atoms with Gasteiger partial charge in [-0.05, 0) is 13.3 Å². The van der Waals surface area contributed by atoms with E-state index in [9.17, 15) is 9.59 Å². The second kappa shape index (κ2) is 7.55. The van der Waals surface area contributed by atoms with Crippen LogP contribution in [0.4, 0.5) is 0 Å². The number of Topliss-reactive ketones (excluding diaryl/α,β-unsaturated/α-hetero) is 2. The van der Waals surface area contributed by atoms with Gasteiger partial charge in [-0.2, -0.15) is 0 Å². The molecular formula is C13H25NO2. The van der Waals surface area contributed by atoms with Gasteiger partial charge in [0.25, 0.3) is 0 Å². The number of nitrogens with one attached hydrogen (secondary N) is 1. The lowest BCUT2D eigenvalue weighted by molar-refractivity contribution is -0.123. The first-order chi connectivity index (χ1) is 7.32. The van der Waals surface area contributed by atoms with Crippen molar-refractivity contribution in [3.63, 3.8) is 0 Å². The molecule has 0 aromatic carbocycles. The van der Waals surface area contributed by atoms with Crippen LogP contribution in [0.2, 0.25) is 0 Å². The topological polar surface area (TPSA) is 46.2 Å². The lowest BCUT2D eigenvalue weighted by Crippen LogP contribution is -2.37. The van der Waals surface area contributed by atoms with E-state index in [1.807, 2.05) is 13.8 Å². The fourth-order valence-electron chi connectivity index (χ4n) is 1.57. The Balaban J connectivity index is 4.19. The van der Waals surface area contributed by atoms with Crippen LogP contribution in [-0.2, 0) is 9.59 Å². The lowest BCUT2D eigenvalue weighted by atomic mass is 9.97. The summed E-state index contributed by atoms with van der Waals surface area (Å²) >= 11 is 0. The normalized spacial score (nSPS) is 13.2. The molecule has 0 fully saturated rings. The van der Waals surface area contributed by atoms with Crippen LogP contribution in [0.15, 0.2) is 0 Å². The molecule has 0 saturated carbocycles. The van der Waals surface area contributed by atoms with E-state index >= 15 is 0 Å². The Morgan fingerprint density at radius 2 is 1.69 bits per heavy atom. The molecule has 1 N–H and O–H groups in total. The molecule has 94 valence electrons. The Labute approximate surface area is 99.0 Å². The molecule has 0 radical (unpaired) electrons. The van der Waals surface area contributed by atoms with E-state index in [4.69, 9.17) is 0 Å². The third-order valence-electron chi connectivity index (χ3n) is 2.51. The van der Waals surface area contributed by atoms with Crippen LogP contribution >= 0.6 is 0 Å². The molecule has 0 spiro atoms. The van der Waals surface area contributed by atoms with Crippen LogP contribution < -0.4 is 5.32 Å². The highest BCUT2D eigenvalue weighted by molar-refractivity contribution is 5.81. The molecule has 0 aliphatic heterocycles. The average Bonchev–Trinajstić information content (AvgIpc) is 2.12. The zero-order valence-electron chi connectivity index (χ0n) is 11.2. The molecule has 1 atom stereocenters. The van der Waals surface area contributed by atoms with Crippen LogP contribution in [0.25, 0.3) is 0 Å². The van der Waals surface area contributed by atoms with Gasteiger partial charge in [0.05, 0.1) is 0 Å². The van der Waals surface area contributed by atoms with E-state index in [-0.39, 0.29) is 23.5 Å². The first kappa shape index (κ1) is 15.3. The molecule has 3 nitrogen and oxygen atoms in total. The van der Waals surface area contributed by atoms with E-state index in [2.05, 4.69) is 19.2 Å². The molecule has 0 bridgehead atoms. The van der Waals surface area contributed by atoms with Crippen molar-refractivity contribution in [1.82, 2.24) is 5.32 Å². The van der Waals surface area contributed by atoms with Gasteiger partial charge in [0.2, 0.25) is 0 Å². The van der Waals surface area contributed by atoms with Crippen LogP contribution in [0.1, 0.15) is 53.9 Å². The van der Waals surface area contributed by atoms with Crippen molar-refractivity contribution < 1.29 is 9.59 Å². The van der Waals surface area contributed by atoms with Gasteiger partial charge in [0.1, 0.15) is 11.6 Å². The Morgan fingerprint density at radius 1 is 1.12 bits per heavy atom. The standard InChI is InChI=1S/C13H25NO2/c1-9(2)13(16)8-12(14-10(3)4)7-6-11(5)15/h9-10,12,14H,6-8H2,1-5H3/t12-/m1/s1. The maximum absolute atomic E-state index is 11.7. The van der Waals surface area contributed by atoms with Crippen LogP contribution in [0.3, 0.4) is 0 Å². The van der Waals surface area contributed by atoms with Gasteiger partial charge in [-0.15, -0.1) is 0 Å². The van der Waals surface area contributed by atoms with Gasteiger partial charge in [0, 0.05) is 30.8 Å². The van der Waals surface area contributed by atoms with Crippen molar-refractivity contribution in [2.45, 2.75) is 66.0 Å². The van der Waals surface area contributed by atoms with E-state index in [0.29, 0.717) is 18.9 Å². The lowest BCUT2D eigenvalue weighted by Gasteiger charge is -2.21. The first-order valence-electron chi connectivity index (χ1n) is 6.11. The van der Waals surface area contributed by atoms with Crippen molar-refractivity contribution in [2.24, 2.45) is 5.92 Å². The predicted octanol–water partition coefficient (Wildman–Crippen LogP) is 2.34. The van der Waals surface area contributed by atoms with Crippen LogP contribution in [-0.4, -0.2) is 23.7 Å². The summed E-state index contributed by atoms with van der Waals surface area (Å²) in [7, 11) is 0. The highest BCUT2D eigenvalue weighted by atomic mass is 16.1. The first-order valence-corrected chi connectivity index (χ1v) is 6.11. The molecule has 3 heteroatoms. The summed E-state index contributed by atoms with van der Waals surface area (Å²) in [6, 6.07) is 0.482. The summed E-state index contributed by atoms with van der Waals surface area (Å²) < 4.78 is 0. The molecular weight excluding hydrogens is 202 g/mol. The zero-order chi connectivity index (χ0) is 12.7. The van der Waals surface area contributed by atoms with E-state index in [1.54, 1.807) is 6.92 Å². The zero-order valence-corrected chi connectivity index (χ0v) is 11.2. The van der Waals surface area contributed by atoms with Crippen molar-refractivity contribution in [2.75, 3.05) is 0 Å². The Morgan fingerprint density at radius 3 is 2.06 bits per heavy atom. The number of carbonyl (C=O) groups excluding carboxylic acids is 2. The fraction of sp³-hybridized carbons (Fsp3) is 0.846. The van der Waals surface area contributed by atoms with Gasteiger partial charge in [0.15, 0.2) is 0 Å². The van der Waals surface area contributed by atoms with E-state index in [1.165, 1.54) is 0 Å². The number of hydrogen-bond acceptors (Lipinski definition) is 3. The van der Waals surface area contributed by atoms with Gasteiger partial charge < -0.3 is 10.1 Å². The second-order valence-corrected chi connectivity index (χ2v) is 5.08. The summed E-state index contributed by atoms with van der Waals surface area (Å²) in [5, 5.41) is 3.35. The molecule has 0 saturated heterocycles. The molecule has 0 heterocycles. The third kappa shape index (κ3) is 7.57. The molecule has 16 heavy (non-hydrogen) atoms. The van der Waals surface area contributed by atoms with Gasteiger partial charge in [-0.3, -0.25) is 4.79 Å². The minimum Gasteiger partial charge on any atom is -0.311 e. The SMILES string of the molecule is CC(=O)CC[C@H](CC(=O)C(C)C)NC(C)C. The maximum atomic E-state index is 11.7. The minimum absolute atomic E-state index is 0.0776. The molecule has 0 aromatic heterocycles. The molecule has 0 rings (SSSR count). The number of carbonyl (C=O) groups is 2. The van der Waals surface area contributed by atoms with Crippen LogP contribution in [0, 0.1) is 5.92 Å². The number of ketones is 2. The summed E-state index contributed by atoms with van der Waals surface area (Å²) in [6.45, 7) is 9.54. The van der Waals surface area contributed by atoms with Gasteiger partial charge in [-0.1, -0.05) is 27.7 Å². The minimum atomic E-state index is 0.0776. The maximum Gasteiger partial charge on any atom is 0.136 e. The fourth-order valence-corrected chi connectivity index (χ4v) is 1.57. The largest absolute Gasteiger partial charge is 0.311 e. The highest BCUT2D eigenvalue weighted by Gasteiger charge is 2.17. The Bertz CT molecular complexity index is 234. The monoisotopic (exact) mass is 227 g/mol. The predicted molar refractivity (Wildman–Crippen MR) is 66.4 cm³/mol. The van der Waals surface area contributed by atoms with Crippen molar-refractivity contribution >= 4 is 11.6 Å².